The van der Waals surface area contributed by atoms with E-state index in [1.54, 1.807) is 54.6 Å². The number of benzene rings is 3. The molecule has 3 unspecified atom stereocenters. The second-order valence-corrected chi connectivity index (χ2v) is 13.6. The molecular formula is C37H35Cl2N3O8. The van der Waals surface area contributed by atoms with Gasteiger partial charge in [-0.3, -0.25) is 14.8 Å². The summed E-state index contributed by atoms with van der Waals surface area (Å²) in [6.45, 7) is 2.64. The summed E-state index contributed by atoms with van der Waals surface area (Å²) in [7, 11) is 3.05. The van der Waals surface area contributed by atoms with Crippen LogP contribution in [-0.4, -0.2) is 71.6 Å². The molecule has 1 aliphatic carbocycles. The summed E-state index contributed by atoms with van der Waals surface area (Å²) in [5, 5.41) is 21.6. The number of carbonyl (C=O) groups excluding carboxylic acids is 2. The summed E-state index contributed by atoms with van der Waals surface area (Å²) in [5.74, 6) is 0.238. The van der Waals surface area contributed by atoms with Crippen LogP contribution in [0.3, 0.4) is 0 Å². The Labute approximate surface area is 298 Å². The molecule has 260 valence electrons. The predicted octanol–water partition coefficient (Wildman–Crippen LogP) is 6.80. The Kier molecular flexibility index (Phi) is 9.15. The number of anilines is 1. The molecule has 0 spiro atoms. The Morgan fingerprint density at radius 1 is 1.00 bits per heavy atom. The molecule has 13 heteroatoms. The normalized spacial score (nSPS) is 22.0. The van der Waals surface area contributed by atoms with Crippen LogP contribution >= 0.6 is 23.2 Å². The highest BCUT2D eigenvalue weighted by Crippen LogP contribution is 2.63. The van der Waals surface area contributed by atoms with Crippen molar-refractivity contribution in [1.82, 2.24) is 9.88 Å². The predicted molar refractivity (Wildman–Crippen MR) is 185 cm³/mol. The van der Waals surface area contributed by atoms with Crippen LogP contribution in [0, 0.1) is 11.8 Å². The van der Waals surface area contributed by atoms with E-state index in [2.05, 4.69) is 9.88 Å². The molecule has 5 atom stereocenters. The van der Waals surface area contributed by atoms with E-state index in [4.69, 9.17) is 42.1 Å². The second kappa shape index (κ2) is 13.5. The average Bonchev–Trinajstić information content (AvgIpc) is 3.61. The maximum atomic E-state index is 13.8. The van der Waals surface area contributed by atoms with Gasteiger partial charge in [0.2, 0.25) is 0 Å². The molecule has 50 heavy (non-hydrogen) atoms. The van der Waals surface area contributed by atoms with Crippen molar-refractivity contribution < 1.29 is 38.7 Å². The summed E-state index contributed by atoms with van der Waals surface area (Å²) in [6, 6.07) is 16.2. The van der Waals surface area contributed by atoms with Crippen molar-refractivity contribution in [1.29, 1.82) is 0 Å². The lowest BCUT2D eigenvalue weighted by Gasteiger charge is -2.31. The number of methoxy groups -OCH3 is 2. The monoisotopic (exact) mass is 719 g/mol. The Bertz CT molecular complexity index is 1920. The number of aromatic nitrogens is 1. The number of pyridine rings is 1. The molecule has 4 aromatic rings. The van der Waals surface area contributed by atoms with E-state index >= 15 is 0 Å². The van der Waals surface area contributed by atoms with Crippen molar-refractivity contribution >= 4 is 41.0 Å². The van der Waals surface area contributed by atoms with E-state index in [0.29, 0.717) is 56.6 Å². The van der Waals surface area contributed by atoms with E-state index in [9.17, 15) is 19.8 Å². The number of hydrogen-bond donors (Lipinski definition) is 2. The van der Waals surface area contributed by atoms with Crippen LogP contribution in [0.5, 0.6) is 23.0 Å². The zero-order chi connectivity index (χ0) is 35.2. The number of phenolic OH excluding ortho intramolecular Hbond substituents is 2. The molecule has 1 amide bonds. The topological polar surface area (TPSA) is 131 Å². The summed E-state index contributed by atoms with van der Waals surface area (Å²) >= 11 is 12.9. The third kappa shape index (κ3) is 6.25. The highest BCUT2D eigenvalue weighted by atomic mass is 35.5. The number of carbonyl (C=O) groups is 2. The number of hydrogen-bond acceptors (Lipinski definition) is 10. The number of para-hydroxylation sites is 1. The maximum Gasteiger partial charge on any atom is 0.415 e. The number of esters is 1. The van der Waals surface area contributed by atoms with E-state index in [-0.39, 0.29) is 30.0 Å². The molecular weight excluding hydrogens is 685 g/mol. The minimum atomic E-state index is -0.814. The van der Waals surface area contributed by atoms with E-state index in [0.717, 1.165) is 19.5 Å². The van der Waals surface area contributed by atoms with Gasteiger partial charge in [-0.25, -0.2) is 9.59 Å². The molecule has 8 rings (SSSR count). The Hall–Kier alpha value is -4.71. The quantitative estimate of drug-likeness (QED) is 0.126. The first-order chi connectivity index (χ1) is 24.1. The van der Waals surface area contributed by atoms with Crippen molar-refractivity contribution in [2.24, 2.45) is 11.8 Å². The molecule has 4 fully saturated rings. The summed E-state index contributed by atoms with van der Waals surface area (Å²) in [6.07, 6.45) is 2.67. The molecule has 2 N–H and O–H groups in total. The molecule has 1 aromatic heterocycles. The number of fused-ring (bicyclic) bond motifs is 1. The highest BCUT2D eigenvalue weighted by Gasteiger charge is 2.74. The number of piperidine rings is 3. The lowest BCUT2D eigenvalue weighted by Crippen LogP contribution is -2.42. The molecule has 0 radical (unpaired) electrons. The van der Waals surface area contributed by atoms with Crippen LogP contribution < -0.4 is 14.4 Å². The molecule has 3 aromatic carbocycles. The number of halogens is 2. The zero-order valence-electron chi connectivity index (χ0n) is 27.3. The van der Waals surface area contributed by atoms with Crippen molar-refractivity contribution in [3.05, 3.63) is 105 Å². The first kappa shape index (κ1) is 33.8. The molecule has 4 aliphatic rings. The number of phenols is 2. The first-order valence-corrected chi connectivity index (χ1v) is 16.9. The number of aromatic hydroxyl groups is 2. The minimum absolute atomic E-state index is 0.00755. The molecule has 1 saturated carbocycles. The van der Waals surface area contributed by atoms with Crippen LogP contribution in [0.1, 0.15) is 39.6 Å². The fourth-order valence-corrected chi connectivity index (χ4v) is 7.85. The third-order valence-electron chi connectivity index (χ3n) is 10.00. The molecule has 3 saturated heterocycles. The van der Waals surface area contributed by atoms with Crippen molar-refractivity contribution in [3.8, 4) is 23.0 Å². The summed E-state index contributed by atoms with van der Waals surface area (Å²) < 4.78 is 23.1. The molecule has 11 nitrogen and oxygen atoms in total. The van der Waals surface area contributed by atoms with Crippen LogP contribution in [0.2, 0.25) is 10.0 Å². The van der Waals surface area contributed by atoms with Gasteiger partial charge in [0.05, 0.1) is 42.1 Å². The lowest BCUT2D eigenvalue weighted by atomic mass is 10.0. The fraction of sp³-hybridized carbons (Fsp3) is 0.324. The van der Waals surface area contributed by atoms with Gasteiger partial charge in [0.25, 0.3) is 0 Å². The second-order valence-electron chi connectivity index (χ2n) is 12.8. The van der Waals surface area contributed by atoms with Crippen LogP contribution in [0.4, 0.5) is 10.5 Å². The number of ether oxygens (including phenoxy) is 4. The standard InChI is InChI=1S/C37H35Cl2N3O8/c1-47-31-11-10-23(14-33(31)48-2)32(15-24-27(38)16-40-17-28(24)39)49-35(45)22-8-6-21(7-9-22)18-42(29-4-3-5-30(43)34(29)44)36(46)50-37-20-41-13-12-25(37)26(37)19-41/h3-11,14,16-17,25-26,32,43-44H,12-13,15,18-20H2,1-2H3/t25?,26?,32-,37+/m0/s1. The van der Waals surface area contributed by atoms with Gasteiger partial charge < -0.3 is 29.2 Å². The molecule has 3 aliphatic heterocycles. The van der Waals surface area contributed by atoms with E-state index in [1.807, 2.05) is 0 Å². The SMILES string of the molecule is COc1ccc([C@H](Cc2c(Cl)cncc2Cl)OC(=O)c2ccc(CN(C(=O)O[C@]34CN5CCC3C4C5)c3cccc(O)c3O)cc2)cc1OC. The minimum Gasteiger partial charge on any atom is -0.504 e. The average molecular weight is 721 g/mol. The zero-order valence-corrected chi connectivity index (χ0v) is 28.9. The lowest BCUT2D eigenvalue weighted by molar-refractivity contribution is 0.0296. The third-order valence-corrected chi connectivity index (χ3v) is 10.6. The number of nitrogens with zero attached hydrogens (tertiary/aromatic N) is 3. The first-order valence-electron chi connectivity index (χ1n) is 16.2. The van der Waals surface area contributed by atoms with Gasteiger partial charge in [0.15, 0.2) is 23.0 Å². The van der Waals surface area contributed by atoms with Gasteiger partial charge in [0, 0.05) is 43.7 Å². The van der Waals surface area contributed by atoms with Gasteiger partial charge >= 0.3 is 12.1 Å². The fourth-order valence-electron chi connectivity index (χ4n) is 7.33. The van der Waals surface area contributed by atoms with Crippen LogP contribution in [0.15, 0.2) is 73.1 Å². The summed E-state index contributed by atoms with van der Waals surface area (Å²) in [5.41, 5.74) is 1.70. The highest BCUT2D eigenvalue weighted by molar-refractivity contribution is 6.35. The molecule has 4 bridgehead atoms. The van der Waals surface area contributed by atoms with Gasteiger partial charge in [-0.1, -0.05) is 47.5 Å². The smallest absolute Gasteiger partial charge is 0.415 e. The summed E-state index contributed by atoms with van der Waals surface area (Å²) in [4.78, 5) is 35.0. The maximum absolute atomic E-state index is 13.8. The Balaban J connectivity index is 1.12. The van der Waals surface area contributed by atoms with Crippen LogP contribution in [-0.2, 0) is 22.4 Å². The van der Waals surface area contributed by atoms with E-state index in [1.165, 1.54) is 37.6 Å². The van der Waals surface area contributed by atoms with Crippen LogP contribution in [0.25, 0.3) is 0 Å². The van der Waals surface area contributed by atoms with Crippen molar-refractivity contribution in [2.75, 3.05) is 38.8 Å². The van der Waals surface area contributed by atoms with Gasteiger partial charge in [0.1, 0.15) is 11.7 Å². The number of rotatable bonds is 11. The molecule has 4 heterocycles. The number of amides is 1. The van der Waals surface area contributed by atoms with Gasteiger partial charge in [-0.15, -0.1) is 0 Å². The van der Waals surface area contributed by atoms with Crippen molar-refractivity contribution in [3.63, 3.8) is 0 Å². The van der Waals surface area contributed by atoms with Gasteiger partial charge in [-0.05, 0) is 66.1 Å². The Morgan fingerprint density at radius 3 is 2.38 bits per heavy atom. The van der Waals surface area contributed by atoms with E-state index < -0.39 is 29.5 Å². The van der Waals surface area contributed by atoms with Gasteiger partial charge in [-0.2, -0.15) is 0 Å². The largest absolute Gasteiger partial charge is 0.504 e. The van der Waals surface area contributed by atoms with Crippen molar-refractivity contribution in [2.45, 2.75) is 31.1 Å². The Morgan fingerprint density at radius 2 is 1.74 bits per heavy atom.